The summed E-state index contributed by atoms with van der Waals surface area (Å²) in [6, 6.07) is 8.27. The number of oxazole rings is 1. The van der Waals surface area contributed by atoms with Gasteiger partial charge in [-0.2, -0.15) is 4.98 Å². The Hall–Kier alpha value is -2.90. The Kier molecular flexibility index (Phi) is 3.22. The van der Waals surface area contributed by atoms with Crippen LogP contribution in [0.3, 0.4) is 0 Å². The second-order valence-electron chi connectivity index (χ2n) is 6.60. The Morgan fingerprint density at radius 3 is 2.92 bits per heavy atom. The van der Waals surface area contributed by atoms with Gasteiger partial charge in [-0.1, -0.05) is 17.3 Å². The van der Waals surface area contributed by atoms with Crippen molar-refractivity contribution < 1.29 is 9.21 Å². The molecule has 5 rings (SSSR count). The zero-order valence-corrected chi connectivity index (χ0v) is 13.7. The minimum atomic E-state index is -0.190. The zero-order valence-electron chi connectivity index (χ0n) is 13.7. The minimum absolute atomic E-state index is 0.149. The smallest absolute Gasteiger partial charge is 0.299 e. The standard InChI is InChI=1S/C17H18N6O2/c24-16(21-10-12(11-21)23-9-7-18-20-23)14-5-3-8-22(14)17-19-13-4-1-2-6-15(13)25-17/h1-2,4,6-7,9,12,14H,3,5,8,10-11H2/t14-/m1/s1. The highest BCUT2D eigenvalue weighted by atomic mass is 16.4. The second-order valence-corrected chi connectivity index (χ2v) is 6.60. The number of amides is 1. The molecule has 0 radical (unpaired) electrons. The van der Waals surface area contributed by atoms with Crippen LogP contribution in [0.15, 0.2) is 41.1 Å². The Morgan fingerprint density at radius 1 is 1.24 bits per heavy atom. The van der Waals surface area contributed by atoms with Gasteiger partial charge in [0.25, 0.3) is 6.01 Å². The lowest BCUT2D eigenvalue weighted by atomic mass is 10.1. The van der Waals surface area contributed by atoms with E-state index in [1.807, 2.05) is 44.9 Å². The van der Waals surface area contributed by atoms with Crippen LogP contribution in [-0.2, 0) is 4.79 Å². The number of hydrogen-bond donors (Lipinski definition) is 0. The van der Waals surface area contributed by atoms with Crippen molar-refractivity contribution in [1.29, 1.82) is 0 Å². The summed E-state index contributed by atoms with van der Waals surface area (Å²) in [5.74, 6) is 0.149. The van der Waals surface area contributed by atoms with E-state index in [1.165, 1.54) is 0 Å². The van der Waals surface area contributed by atoms with E-state index in [1.54, 1.807) is 6.20 Å². The maximum atomic E-state index is 12.9. The maximum absolute atomic E-state index is 12.9. The lowest BCUT2D eigenvalue weighted by Gasteiger charge is -2.41. The lowest BCUT2D eigenvalue weighted by molar-refractivity contribution is -0.138. The van der Waals surface area contributed by atoms with Crippen LogP contribution in [0.1, 0.15) is 18.9 Å². The Morgan fingerprint density at radius 2 is 2.12 bits per heavy atom. The summed E-state index contributed by atoms with van der Waals surface area (Å²) < 4.78 is 7.68. The molecule has 1 atom stereocenters. The number of benzene rings is 1. The highest BCUT2D eigenvalue weighted by Gasteiger charge is 2.41. The van der Waals surface area contributed by atoms with Crippen LogP contribution in [0.5, 0.6) is 0 Å². The summed E-state index contributed by atoms with van der Waals surface area (Å²) in [7, 11) is 0. The van der Waals surface area contributed by atoms with Gasteiger partial charge in [-0.15, -0.1) is 5.10 Å². The molecule has 0 N–H and O–H groups in total. The molecule has 4 heterocycles. The van der Waals surface area contributed by atoms with E-state index in [-0.39, 0.29) is 18.0 Å². The molecule has 8 heteroatoms. The van der Waals surface area contributed by atoms with Crippen LogP contribution in [-0.4, -0.2) is 56.5 Å². The monoisotopic (exact) mass is 338 g/mol. The first-order valence-electron chi connectivity index (χ1n) is 8.56. The molecular formula is C17H18N6O2. The van der Waals surface area contributed by atoms with Crippen LogP contribution in [0, 0.1) is 0 Å². The van der Waals surface area contributed by atoms with E-state index in [9.17, 15) is 4.79 Å². The first-order chi connectivity index (χ1) is 12.3. The number of carbonyl (C=O) groups is 1. The Labute approximate surface area is 144 Å². The van der Waals surface area contributed by atoms with Gasteiger partial charge in [0.05, 0.1) is 12.2 Å². The van der Waals surface area contributed by atoms with E-state index in [0.29, 0.717) is 19.1 Å². The van der Waals surface area contributed by atoms with Gasteiger partial charge in [0.1, 0.15) is 11.6 Å². The third-order valence-electron chi connectivity index (χ3n) is 5.06. The van der Waals surface area contributed by atoms with Gasteiger partial charge in [-0.3, -0.25) is 4.79 Å². The second kappa shape index (κ2) is 5.58. The molecule has 2 fully saturated rings. The SMILES string of the molecule is O=C([C@H]1CCCN1c1nc2ccccc2o1)N1CC(n2ccnn2)C1. The van der Waals surface area contributed by atoms with Gasteiger partial charge in [0, 0.05) is 25.8 Å². The van der Waals surface area contributed by atoms with Crippen LogP contribution in [0.25, 0.3) is 11.1 Å². The molecule has 3 aromatic rings. The Bertz CT molecular complexity index is 866. The number of fused-ring (bicyclic) bond motifs is 1. The first kappa shape index (κ1) is 14.4. The maximum Gasteiger partial charge on any atom is 0.299 e. The fourth-order valence-corrected chi connectivity index (χ4v) is 3.66. The lowest BCUT2D eigenvalue weighted by Crippen LogP contribution is -2.56. The quantitative estimate of drug-likeness (QED) is 0.719. The number of rotatable bonds is 3. The third-order valence-corrected chi connectivity index (χ3v) is 5.06. The van der Waals surface area contributed by atoms with Gasteiger partial charge in [0.2, 0.25) is 5.91 Å². The van der Waals surface area contributed by atoms with Gasteiger partial charge in [-0.25, -0.2) is 4.68 Å². The minimum Gasteiger partial charge on any atom is -0.423 e. The summed E-state index contributed by atoms with van der Waals surface area (Å²) in [5, 5.41) is 7.84. The van der Waals surface area contributed by atoms with Crippen molar-refractivity contribution in [3.05, 3.63) is 36.7 Å². The molecule has 0 aliphatic carbocycles. The summed E-state index contributed by atoms with van der Waals surface area (Å²) in [6.07, 6.45) is 5.31. The molecule has 1 amide bonds. The molecule has 0 saturated carbocycles. The summed E-state index contributed by atoms with van der Waals surface area (Å²) in [6.45, 7) is 2.16. The van der Waals surface area contributed by atoms with E-state index >= 15 is 0 Å². The number of aromatic nitrogens is 4. The fourth-order valence-electron chi connectivity index (χ4n) is 3.66. The van der Waals surface area contributed by atoms with Crippen LogP contribution in [0.2, 0.25) is 0 Å². The molecule has 128 valence electrons. The summed E-state index contributed by atoms with van der Waals surface area (Å²) >= 11 is 0. The van der Waals surface area contributed by atoms with E-state index < -0.39 is 0 Å². The molecule has 2 aliphatic heterocycles. The fraction of sp³-hybridized carbons (Fsp3) is 0.412. The topological polar surface area (TPSA) is 80.3 Å². The van der Waals surface area contributed by atoms with E-state index in [4.69, 9.17) is 4.42 Å². The normalized spacial score (nSPS) is 21.0. The largest absolute Gasteiger partial charge is 0.423 e. The average Bonchev–Trinajstić information content (AvgIpc) is 3.32. The molecule has 0 bridgehead atoms. The predicted octanol–water partition coefficient (Wildman–Crippen LogP) is 1.47. The average molecular weight is 338 g/mol. The van der Waals surface area contributed by atoms with Gasteiger partial charge in [-0.05, 0) is 25.0 Å². The van der Waals surface area contributed by atoms with Crippen molar-refractivity contribution in [1.82, 2.24) is 24.9 Å². The number of para-hydroxylation sites is 2. The van der Waals surface area contributed by atoms with Gasteiger partial charge >= 0.3 is 0 Å². The van der Waals surface area contributed by atoms with Crippen molar-refractivity contribution in [3.63, 3.8) is 0 Å². The molecular weight excluding hydrogens is 320 g/mol. The highest BCUT2D eigenvalue weighted by molar-refractivity contribution is 5.86. The molecule has 2 aliphatic rings. The number of carbonyl (C=O) groups excluding carboxylic acids is 1. The molecule has 25 heavy (non-hydrogen) atoms. The van der Waals surface area contributed by atoms with Gasteiger partial charge in [0.15, 0.2) is 5.58 Å². The summed E-state index contributed by atoms with van der Waals surface area (Å²) in [5.41, 5.74) is 1.58. The van der Waals surface area contributed by atoms with Crippen molar-refractivity contribution in [2.45, 2.75) is 24.9 Å². The molecule has 0 unspecified atom stereocenters. The van der Waals surface area contributed by atoms with E-state index in [2.05, 4.69) is 15.3 Å². The highest BCUT2D eigenvalue weighted by Crippen LogP contribution is 2.31. The molecule has 8 nitrogen and oxygen atoms in total. The number of anilines is 1. The Balaban J connectivity index is 1.32. The van der Waals surface area contributed by atoms with Crippen molar-refractivity contribution in [3.8, 4) is 0 Å². The van der Waals surface area contributed by atoms with Crippen LogP contribution in [0.4, 0.5) is 6.01 Å². The first-order valence-corrected chi connectivity index (χ1v) is 8.56. The number of hydrogen-bond acceptors (Lipinski definition) is 6. The molecule has 2 saturated heterocycles. The van der Waals surface area contributed by atoms with Crippen molar-refractivity contribution >= 4 is 23.0 Å². The number of nitrogens with zero attached hydrogens (tertiary/aromatic N) is 6. The van der Waals surface area contributed by atoms with Crippen molar-refractivity contribution in [2.75, 3.05) is 24.5 Å². The summed E-state index contributed by atoms with van der Waals surface area (Å²) in [4.78, 5) is 21.4. The predicted molar refractivity (Wildman–Crippen MR) is 90.0 cm³/mol. The van der Waals surface area contributed by atoms with Gasteiger partial charge < -0.3 is 14.2 Å². The van der Waals surface area contributed by atoms with Crippen LogP contribution < -0.4 is 4.90 Å². The third kappa shape index (κ3) is 2.36. The zero-order chi connectivity index (χ0) is 16.8. The molecule has 2 aromatic heterocycles. The van der Waals surface area contributed by atoms with E-state index in [0.717, 1.165) is 30.5 Å². The number of likely N-dealkylation sites (tertiary alicyclic amines) is 1. The molecule has 0 spiro atoms. The van der Waals surface area contributed by atoms with Crippen molar-refractivity contribution in [2.24, 2.45) is 0 Å². The van der Waals surface area contributed by atoms with Crippen LogP contribution >= 0.6 is 0 Å². The molecule has 1 aromatic carbocycles.